The minimum absolute atomic E-state index is 0.0634. The smallest absolute Gasteiger partial charge is 0.171 e. The number of hydrogen-bond acceptors (Lipinski definition) is 5. The van der Waals surface area contributed by atoms with Crippen molar-refractivity contribution < 1.29 is 13.2 Å². The second-order valence-electron chi connectivity index (χ2n) is 7.32. The summed E-state index contributed by atoms with van der Waals surface area (Å²) in [6.07, 6.45) is 2.20. The maximum absolute atomic E-state index is 11.6. The van der Waals surface area contributed by atoms with Crippen LogP contribution in [-0.4, -0.2) is 29.7 Å². The van der Waals surface area contributed by atoms with Crippen LogP contribution in [0.4, 0.5) is 5.69 Å². The molecule has 0 amide bonds. The van der Waals surface area contributed by atoms with Gasteiger partial charge in [0.15, 0.2) is 15.6 Å². The molecule has 1 aliphatic heterocycles. The predicted molar refractivity (Wildman–Crippen MR) is 97.0 cm³/mol. The zero-order valence-electron chi connectivity index (χ0n) is 14.7. The summed E-state index contributed by atoms with van der Waals surface area (Å²) in [6.45, 7) is 5.85. The SMILES string of the molecule is Cc1cc(Oc2c(C)nn(C3CS(=O)(=O)C3)c2C2CC2)cc(C)c1N. The fourth-order valence-corrected chi connectivity index (χ4v) is 4.83. The monoisotopic (exact) mass is 361 g/mol. The quantitative estimate of drug-likeness (QED) is 0.846. The highest BCUT2D eigenvalue weighted by atomic mass is 32.2. The topological polar surface area (TPSA) is 87.2 Å². The van der Waals surface area contributed by atoms with Gasteiger partial charge in [-0.2, -0.15) is 5.10 Å². The Hall–Kier alpha value is -2.02. The van der Waals surface area contributed by atoms with Crippen molar-refractivity contribution in [1.82, 2.24) is 9.78 Å². The van der Waals surface area contributed by atoms with Crippen LogP contribution in [0, 0.1) is 20.8 Å². The number of aryl methyl sites for hydroxylation is 3. The van der Waals surface area contributed by atoms with Crippen molar-refractivity contribution in [3.63, 3.8) is 0 Å². The number of sulfone groups is 1. The molecule has 0 bridgehead atoms. The van der Waals surface area contributed by atoms with Crippen LogP contribution in [0.2, 0.25) is 0 Å². The lowest BCUT2D eigenvalue weighted by Crippen LogP contribution is -2.39. The molecule has 2 aliphatic rings. The molecule has 0 atom stereocenters. The maximum atomic E-state index is 11.6. The molecule has 0 spiro atoms. The van der Waals surface area contributed by atoms with E-state index in [9.17, 15) is 8.42 Å². The molecule has 2 heterocycles. The number of ether oxygens (including phenoxy) is 1. The van der Waals surface area contributed by atoms with E-state index in [-0.39, 0.29) is 17.5 Å². The van der Waals surface area contributed by atoms with Crippen LogP contribution in [-0.2, 0) is 9.84 Å². The molecule has 7 heteroatoms. The highest BCUT2D eigenvalue weighted by Gasteiger charge is 2.41. The zero-order chi connectivity index (χ0) is 17.9. The van der Waals surface area contributed by atoms with E-state index in [4.69, 9.17) is 10.5 Å². The summed E-state index contributed by atoms with van der Waals surface area (Å²) in [7, 11) is -2.89. The number of hydrogen-bond donors (Lipinski definition) is 1. The van der Waals surface area contributed by atoms with Crippen molar-refractivity contribution in [3.8, 4) is 11.5 Å². The minimum atomic E-state index is -2.89. The van der Waals surface area contributed by atoms with Gasteiger partial charge in [-0.1, -0.05) is 0 Å². The number of rotatable bonds is 4. The lowest BCUT2D eigenvalue weighted by atomic mass is 10.1. The predicted octanol–water partition coefficient (Wildman–Crippen LogP) is 3.03. The van der Waals surface area contributed by atoms with Crippen LogP contribution in [0.25, 0.3) is 0 Å². The Morgan fingerprint density at radius 1 is 1.16 bits per heavy atom. The molecule has 1 saturated heterocycles. The number of benzene rings is 1. The molecule has 2 aromatic rings. The van der Waals surface area contributed by atoms with E-state index < -0.39 is 9.84 Å². The summed E-state index contributed by atoms with van der Waals surface area (Å²) in [5, 5.41) is 4.62. The largest absolute Gasteiger partial charge is 0.453 e. The number of anilines is 1. The lowest BCUT2D eigenvalue weighted by Gasteiger charge is -2.27. The minimum Gasteiger partial charge on any atom is -0.453 e. The van der Waals surface area contributed by atoms with Crippen molar-refractivity contribution >= 4 is 15.5 Å². The average molecular weight is 361 g/mol. The lowest BCUT2D eigenvalue weighted by molar-refractivity contribution is 0.444. The van der Waals surface area contributed by atoms with Gasteiger partial charge in [0.2, 0.25) is 0 Å². The van der Waals surface area contributed by atoms with E-state index in [0.29, 0.717) is 5.92 Å². The van der Waals surface area contributed by atoms with E-state index in [1.165, 1.54) is 0 Å². The Labute approximate surface area is 147 Å². The molecule has 6 nitrogen and oxygen atoms in total. The third-order valence-electron chi connectivity index (χ3n) is 5.06. The van der Waals surface area contributed by atoms with E-state index in [2.05, 4.69) is 5.10 Å². The maximum Gasteiger partial charge on any atom is 0.171 e. The standard InChI is InChI=1S/C18H23N3O3S/c1-10-6-15(7-11(2)16(10)19)24-18-12(3)20-21(17(18)13-4-5-13)14-8-25(22,23)9-14/h6-7,13-14H,4-5,8-9,19H2,1-3H3. The Morgan fingerprint density at radius 3 is 2.28 bits per heavy atom. The Bertz CT molecular complexity index is 923. The van der Waals surface area contributed by atoms with Crippen LogP contribution in [0.5, 0.6) is 11.5 Å². The summed E-state index contributed by atoms with van der Waals surface area (Å²) in [4.78, 5) is 0. The van der Waals surface area contributed by atoms with Crippen molar-refractivity contribution in [3.05, 3.63) is 34.6 Å². The Balaban J connectivity index is 1.71. The molecule has 1 aromatic heterocycles. The van der Waals surface area contributed by atoms with E-state index in [1.54, 1.807) is 0 Å². The van der Waals surface area contributed by atoms with Crippen molar-refractivity contribution in [2.24, 2.45) is 0 Å². The van der Waals surface area contributed by atoms with Gasteiger partial charge in [-0.25, -0.2) is 8.42 Å². The normalized spacial score (nSPS) is 19.6. The van der Waals surface area contributed by atoms with Gasteiger partial charge >= 0.3 is 0 Å². The van der Waals surface area contributed by atoms with E-state index >= 15 is 0 Å². The highest BCUT2D eigenvalue weighted by Crippen LogP contribution is 2.48. The van der Waals surface area contributed by atoms with Gasteiger partial charge in [0.05, 0.1) is 23.2 Å². The summed E-state index contributed by atoms with van der Waals surface area (Å²) in [5.41, 5.74) is 10.6. The second kappa shape index (κ2) is 5.49. The fourth-order valence-electron chi connectivity index (χ4n) is 3.47. The number of aromatic nitrogens is 2. The first-order chi connectivity index (χ1) is 11.7. The van der Waals surface area contributed by atoms with Crippen LogP contribution < -0.4 is 10.5 Å². The van der Waals surface area contributed by atoms with Gasteiger partial charge in [-0.3, -0.25) is 4.68 Å². The molecule has 0 unspecified atom stereocenters. The van der Waals surface area contributed by atoms with Crippen LogP contribution in [0.3, 0.4) is 0 Å². The third kappa shape index (κ3) is 2.90. The van der Waals surface area contributed by atoms with Gasteiger partial charge < -0.3 is 10.5 Å². The Morgan fingerprint density at radius 2 is 1.76 bits per heavy atom. The molecule has 1 saturated carbocycles. The highest BCUT2D eigenvalue weighted by molar-refractivity contribution is 7.92. The van der Waals surface area contributed by atoms with Crippen molar-refractivity contribution in [1.29, 1.82) is 0 Å². The molecular weight excluding hydrogens is 338 g/mol. The molecule has 2 fully saturated rings. The molecule has 134 valence electrons. The van der Waals surface area contributed by atoms with Gasteiger partial charge in [0, 0.05) is 11.6 Å². The summed E-state index contributed by atoms with van der Waals surface area (Å²) in [6, 6.07) is 3.80. The molecule has 2 N–H and O–H groups in total. The van der Waals surface area contributed by atoms with Crippen molar-refractivity contribution in [2.45, 2.75) is 45.6 Å². The first kappa shape index (κ1) is 16.4. The first-order valence-electron chi connectivity index (χ1n) is 8.59. The number of nitrogens with zero attached hydrogens (tertiary/aromatic N) is 2. The summed E-state index contributed by atoms with van der Waals surface area (Å²) < 4.78 is 31.3. The van der Waals surface area contributed by atoms with Crippen LogP contribution in [0.1, 0.15) is 47.3 Å². The van der Waals surface area contributed by atoms with E-state index in [1.807, 2.05) is 37.6 Å². The van der Waals surface area contributed by atoms with Gasteiger partial charge in [0.1, 0.15) is 11.4 Å². The number of nitrogens with two attached hydrogens (primary N) is 1. The van der Waals surface area contributed by atoms with Crippen molar-refractivity contribution in [2.75, 3.05) is 17.2 Å². The first-order valence-corrected chi connectivity index (χ1v) is 10.4. The van der Waals surface area contributed by atoms with Gasteiger partial charge in [-0.05, 0) is 56.9 Å². The van der Waals surface area contributed by atoms with Gasteiger partial charge in [-0.15, -0.1) is 0 Å². The molecule has 1 aromatic carbocycles. The molecule has 4 rings (SSSR count). The molecular formula is C18H23N3O3S. The fraction of sp³-hybridized carbons (Fsp3) is 0.500. The molecule has 0 radical (unpaired) electrons. The van der Waals surface area contributed by atoms with Gasteiger partial charge in [0.25, 0.3) is 0 Å². The summed E-state index contributed by atoms with van der Waals surface area (Å²) in [5.74, 6) is 2.28. The molecule has 25 heavy (non-hydrogen) atoms. The average Bonchev–Trinajstić information content (AvgIpc) is 3.28. The van der Waals surface area contributed by atoms with Crippen LogP contribution in [0.15, 0.2) is 12.1 Å². The zero-order valence-corrected chi connectivity index (χ0v) is 15.6. The second-order valence-corrected chi connectivity index (χ2v) is 9.48. The molecule has 1 aliphatic carbocycles. The summed E-state index contributed by atoms with van der Waals surface area (Å²) >= 11 is 0. The van der Waals surface area contributed by atoms with E-state index in [0.717, 1.165) is 52.5 Å². The Kier molecular flexibility index (Phi) is 3.61. The third-order valence-corrected chi connectivity index (χ3v) is 6.84. The number of nitrogen functional groups attached to an aromatic ring is 1. The van der Waals surface area contributed by atoms with Crippen LogP contribution >= 0.6 is 0 Å².